The van der Waals surface area contributed by atoms with Gasteiger partial charge in [0.1, 0.15) is 0 Å². The van der Waals surface area contributed by atoms with E-state index in [1.54, 1.807) is 6.07 Å². The minimum Gasteiger partial charge on any atom is -0.317 e. The molecule has 0 aromatic rings. The van der Waals surface area contributed by atoms with Gasteiger partial charge in [0.25, 0.3) is 0 Å². The lowest BCUT2D eigenvalue weighted by atomic mass is 10.6. The molecule has 0 radical (unpaired) electrons. The van der Waals surface area contributed by atoms with E-state index in [-0.39, 0.29) is 12.2 Å². The van der Waals surface area contributed by atoms with Gasteiger partial charge in [0.15, 0.2) is 0 Å². The molecule has 0 aliphatic carbocycles. The highest BCUT2D eigenvalue weighted by molar-refractivity contribution is 8.54. The van der Waals surface area contributed by atoms with Crippen LogP contribution in [0.25, 0.3) is 0 Å². The highest BCUT2D eigenvalue weighted by atomic mass is 32.7. The van der Waals surface area contributed by atoms with Gasteiger partial charge in [-0.3, -0.25) is 0 Å². The average molecular weight is 167 g/mol. The second-order valence-corrected chi connectivity index (χ2v) is 5.08. The molecule has 0 fully saturated rings. The first-order valence-corrected chi connectivity index (χ1v) is 5.33. The monoisotopic (exact) mass is 167 g/mol. The Morgan fingerprint density at radius 1 is 1.67 bits per heavy atom. The van der Waals surface area contributed by atoms with Crippen molar-refractivity contribution in [2.75, 3.05) is 5.75 Å². The number of nitriles is 1. The van der Waals surface area contributed by atoms with Gasteiger partial charge < -0.3 is 9.79 Å². The smallest absolute Gasteiger partial charge is 0.317 e. The fourth-order valence-electron chi connectivity index (χ4n) is 0.210. The van der Waals surface area contributed by atoms with Gasteiger partial charge >= 0.3 is 6.80 Å². The normalized spacial score (nSPS) is 10.8. The second kappa shape index (κ2) is 3.91. The highest BCUT2D eigenvalue weighted by Crippen LogP contribution is 2.50. The van der Waals surface area contributed by atoms with E-state index in [1.165, 1.54) is 0 Å². The fourth-order valence-corrected chi connectivity index (χ4v) is 1.62. The number of hydrogen-bond donors (Lipinski definition) is 2. The molecule has 0 heterocycles. The Bertz CT molecular complexity index is 159. The molecule has 2 N–H and O–H groups in total. The largest absolute Gasteiger partial charge is 0.384 e. The molecule has 0 unspecified atom stereocenters. The molecule has 0 atom stereocenters. The standard InChI is InChI=1S/C3H6NO3PS/c4-2-1-3-9-8(5,6)7/h1,3H2,(H2,5,6,7). The molecule has 0 spiro atoms. The molecule has 0 aromatic carbocycles. The van der Waals surface area contributed by atoms with Crippen LogP contribution in [0.1, 0.15) is 6.42 Å². The second-order valence-electron chi connectivity index (χ2n) is 1.23. The Hall–Kier alpha value is -0.0100. The van der Waals surface area contributed by atoms with Crippen LogP contribution in [-0.4, -0.2) is 15.5 Å². The van der Waals surface area contributed by atoms with E-state index in [9.17, 15) is 4.57 Å². The lowest BCUT2D eigenvalue weighted by molar-refractivity contribution is 0.397. The Balaban J connectivity index is 3.32. The summed E-state index contributed by atoms with van der Waals surface area (Å²) < 4.78 is 10.1. The van der Waals surface area contributed by atoms with Crippen molar-refractivity contribution in [2.24, 2.45) is 0 Å². The number of hydrogen-bond acceptors (Lipinski definition) is 3. The van der Waals surface area contributed by atoms with Crippen LogP contribution in [-0.2, 0) is 4.57 Å². The predicted octanol–water partition coefficient (Wildman–Crippen LogP) is 0.726. The van der Waals surface area contributed by atoms with Gasteiger partial charge in [-0.2, -0.15) is 5.26 Å². The maximum absolute atomic E-state index is 10.1. The van der Waals surface area contributed by atoms with E-state index in [4.69, 9.17) is 15.0 Å². The van der Waals surface area contributed by atoms with Crippen molar-refractivity contribution in [2.45, 2.75) is 6.42 Å². The van der Waals surface area contributed by atoms with E-state index in [0.29, 0.717) is 11.4 Å². The zero-order chi connectivity index (χ0) is 7.33. The summed E-state index contributed by atoms with van der Waals surface area (Å²) in [6.45, 7) is -3.93. The summed E-state index contributed by atoms with van der Waals surface area (Å²) in [5.41, 5.74) is 0. The van der Waals surface area contributed by atoms with Crippen molar-refractivity contribution in [3.63, 3.8) is 0 Å². The molecule has 0 saturated heterocycles. The third-order valence-electron chi connectivity index (χ3n) is 0.473. The van der Waals surface area contributed by atoms with Crippen LogP contribution in [0.2, 0.25) is 0 Å². The van der Waals surface area contributed by atoms with Crippen molar-refractivity contribution in [1.29, 1.82) is 5.26 Å². The summed E-state index contributed by atoms with van der Waals surface area (Å²) in [7, 11) is 0. The Morgan fingerprint density at radius 3 is 2.56 bits per heavy atom. The van der Waals surface area contributed by atoms with Crippen molar-refractivity contribution < 1.29 is 14.4 Å². The molecular formula is C3H6NO3PS. The molecule has 52 valence electrons. The Labute approximate surface area is 56.8 Å². The molecule has 4 nitrogen and oxygen atoms in total. The zero-order valence-electron chi connectivity index (χ0n) is 4.52. The number of nitrogens with zero attached hydrogens (tertiary/aromatic N) is 1. The van der Waals surface area contributed by atoms with E-state index in [1.807, 2.05) is 0 Å². The van der Waals surface area contributed by atoms with Crippen LogP contribution < -0.4 is 0 Å². The summed E-state index contributed by atoms with van der Waals surface area (Å²) in [5, 5.41) is 7.95. The summed E-state index contributed by atoms with van der Waals surface area (Å²) in [6.07, 6.45) is 0.176. The summed E-state index contributed by atoms with van der Waals surface area (Å²) in [4.78, 5) is 16.4. The lowest BCUT2D eigenvalue weighted by Gasteiger charge is -1.97. The lowest BCUT2D eigenvalue weighted by Crippen LogP contribution is -1.75. The molecule has 0 aromatic heterocycles. The molecule has 9 heavy (non-hydrogen) atoms. The minimum atomic E-state index is -3.93. The van der Waals surface area contributed by atoms with Gasteiger partial charge in [-0.05, 0) is 11.4 Å². The van der Waals surface area contributed by atoms with Crippen molar-refractivity contribution in [3.8, 4) is 6.07 Å². The first kappa shape index (κ1) is 8.99. The van der Waals surface area contributed by atoms with Crippen LogP contribution >= 0.6 is 18.2 Å². The Morgan fingerprint density at radius 2 is 2.22 bits per heavy atom. The maximum atomic E-state index is 10.1. The number of rotatable bonds is 3. The molecular weight excluding hydrogens is 161 g/mol. The SMILES string of the molecule is N#CCCSP(=O)(O)O. The quantitative estimate of drug-likeness (QED) is 0.478. The summed E-state index contributed by atoms with van der Waals surface area (Å²) >= 11 is 0.502. The van der Waals surface area contributed by atoms with Gasteiger partial charge in [-0.15, -0.1) is 0 Å². The first-order valence-electron chi connectivity index (χ1n) is 2.13. The van der Waals surface area contributed by atoms with E-state index >= 15 is 0 Å². The van der Waals surface area contributed by atoms with E-state index in [2.05, 4.69) is 0 Å². The van der Waals surface area contributed by atoms with Gasteiger partial charge in [0.05, 0.1) is 6.07 Å². The maximum Gasteiger partial charge on any atom is 0.384 e. The molecule has 0 amide bonds. The van der Waals surface area contributed by atoms with Crippen LogP contribution in [0.4, 0.5) is 0 Å². The molecule has 0 rings (SSSR count). The first-order chi connectivity index (χ1) is 4.06. The van der Waals surface area contributed by atoms with Crippen LogP contribution in [0.15, 0.2) is 0 Å². The van der Waals surface area contributed by atoms with Crippen molar-refractivity contribution >= 4 is 18.2 Å². The molecule has 0 saturated carbocycles. The third-order valence-corrected chi connectivity index (χ3v) is 2.75. The van der Waals surface area contributed by atoms with Crippen LogP contribution in [0.5, 0.6) is 0 Å². The summed E-state index contributed by atoms with van der Waals surface area (Å²) in [6, 6.07) is 1.78. The van der Waals surface area contributed by atoms with Crippen LogP contribution in [0, 0.1) is 11.3 Å². The molecule has 0 aliphatic heterocycles. The predicted molar refractivity (Wildman–Crippen MR) is 34.7 cm³/mol. The molecule has 0 bridgehead atoms. The zero-order valence-corrected chi connectivity index (χ0v) is 6.23. The highest BCUT2D eigenvalue weighted by Gasteiger charge is 2.11. The van der Waals surface area contributed by atoms with E-state index in [0.717, 1.165) is 0 Å². The topological polar surface area (TPSA) is 81.3 Å². The third kappa shape index (κ3) is 7.99. The fraction of sp³-hybridized carbons (Fsp3) is 0.667. The average Bonchev–Trinajstić information content (AvgIpc) is 1.63. The van der Waals surface area contributed by atoms with Gasteiger partial charge in [0, 0.05) is 12.2 Å². The van der Waals surface area contributed by atoms with Crippen molar-refractivity contribution in [3.05, 3.63) is 0 Å². The summed E-state index contributed by atoms with van der Waals surface area (Å²) in [5.74, 6) is 0.195. The molecule has 6 heteroatoms. The van der Waals surface area contributed by atoms with Crippen molar-refractivity contribution in [1.82, 2.24) is 0 Å². The minimum absolute atomic E-state index is 0.176. The van der Waals surface area contributed by atoms with Gasteiger partial charge in [-0.25, -0.2) is 4.57 Å². The van der Waals surface area contributed by atoms with Crippen LogP contribution in [0.3, 0.4) is 0 Å². The van der Waals surface area contributed by atoms with Gasteiger partial charge in [0.2, 0.25) is 0 Å². The van der Waals surface area contributed by atoms with Gasteiger partial charge in [-0.1, -0.05) is 0 Å². The molecule has 0 aliphatic rings. The Kier molecular flexibility index (Phi) is 3.91. The van der Waals surface area contributed by atoms with E-state index < -0.39 is 6.80 Å².